The second-order valence-electron chi connectivity index (χ2n) is 6.60. The van der Waals surface area contributed by atoms with E-state index in [2.05, 4.69) is 9.80 Å². The van der Waals surface area contributed by atoms with Crippen molar-refractivity contribution in [1.82, 2.24) is 9.80 Å². The number of rotatable bonds is 6. The molecule has 1 atom stereocenters. The molecule has 1 saturated carbocycles. The molecule has 1 unspecified atom stereocenters. The number of piperazine rings is 1. The van der Waals surface area contributed by atoms with Crippen molar-refractivity contribution in [2.75, 3.05) is 26.2 Å². The van der Waals surface area contributed by atoms with Crippen LogP contribution in [0.4, 0.5) is 0 Å². The van der Waals surface area contributed by atoms with Crippen LogP contribution in [-0.2, 0) is 13.2 Å². The molecule has 2 aliphatic rings. The summed E-state index contributed by atoms with van der Waals surface area (Å²) < 4.78 is 5.60. The molecule has 5 nitrogen and oxygen atoms in total. The fraction of sp³-hybridized carbons (Fsp3) is 0.765. The predicted octanol–water partition coefficient (Wildman–Crippen LogP) is 1.58. The maximum atomic E-state index is 9.40. The molecule has 1 aliphatic carbocycles. The minimum atomic E-state index is -0.0391. The van der Waals surface area contributed by atoms with Crippen LogP contribution in [0.15, 0.2) is 16.5 Å². The number of nitrogens with zero attached hydrogens (tertiary/aromatic N) is 2. The maximum Gasteiger partial charge on any atom is 0.129 e. The first kappa shape index (κ1) is 16.0. The molecule has 0 bridgehead atoms. The number of hydrogen-bond acceptors (Lipinski definition) is 5. The number of hydrogen-bond donors (Lipinski definition) is 2. The Morgan fingerprint density at radius 3 is 2.55 bits per heavy atom. The van der Waals surface area contributed by atoms with Crippen molar-refractivity contribution in [1.29, 1.82) is 0 Å². The summed E-state index contributed by atoms with van der Waals surface area (Å²) in [4.78, 5) is 5.05. The highest BCUT2D eigenvalue weighted by Crippen LogP contribution is 2.28. The van der Waals surface area contributed by atoms with Gasteiger partial charge >= 0.3 is 0 Å². The van der Waals surface area contributed by atoms with Crippen LogP contribution >= 0.6 is 0 Å². The Hall–Kier alpha value is -0.880. The molecule has 1 aromatic rings. The molecule has 0 amide bonds. The molecule has 22 heavy (non-hydrogen) atoms. The summed E-state index contributed by atoms with van der Waals surface area (Å²) in [6.07, 6.45) is 6.20. The number of aliphatic hydroxyl groups excluding tert-OH is 2. The third kappa shape index (κ3) is 3.71. The summed E-state index contributed by atoms with van der Waals surface area (Å²) in [7, 11) is 0. The zero-order valence-corrected chi connectivity index (χ0v) is 13.3. The van der Waals surface area contributed by atoms with Crippen molar-refractivity contribution < 1.29 is 14.6 Å². The summed E-state index contributed by atoms with van der Waals surface area (Å²) in [6.45, 7) is 4.14. The van der Waals surface area contributed by atoms with Gasteiger partial charge in [0.25, 0.3) is 0 Å². The first-order valence-corrected chi connectivity index (χ1v) is 8.57. The topological polar surface area (TPSA) is 60.1 Å². The van der Waals surface area contributed by atoms with E-state index in [-0.39, 0.29) is 13.2 Å². The fourth-order valence-electron chi connectivity index (χ4n) is 4.01. The SMILES string of the molecule is OCCC1CN(Cc2ccc(CO)o2)CCN1C1CCCC1. The quantitative estimate of drug-likeness (QED) is 0.835. The van der Waals surface area contributed by atoms with Gasteiger partial charge in [0.15, 0.2) is 0 Å². The first-order chi connectivity index (χ1) is 10.8. The Morgan fingerprint density at radius 2 is 1.86 bits per heavy atom. The van der Waals surface area contributed by atoms with E-state index in [1.54, 1.807) is 0 Å². The van der Waals surface area contributed by atoms with Crippen LogP contribution < -0.4 is 0 Å². The maximum absolute atomic E-state index is 9.40. The number of aliphatic hydroxyl groups is 2. The highest BCUT2D eigenvalue weighted by molar-refractivity contribution is 5.06. The molecule has 5 heteroatoms. The monoisotopic (exact) mass is 308 g/mol. The minimum absolute atomic E-state index is 0.0391. The highest BCUT2D eigenvalue weighted by Gasteiger charge is 2.33. The largest absolute Gasteiger partial charge is 0.462 e. The second kappa shape index (κ2) is 7.59. The van der Waals surface area contributed by atoms with Crippen LogP contribution in [-0.4, -0.2) is 58.3 Å². The average molecular weight is 308 g/mol. The van der Waals surface area contributed by atoms with Crippen molar-refractivity contribution in [2.45, 2.75) is 57.3 Å². The van der Waals surface area contributed by atoms with Gasteiger partial charge in [0.05, 0.1) is 6.54 Å². The van der Waals surface area contributed by atoms with E-state index < -0.39 is 0 Å². The second-order valence-corrected chi connectivity index (χ2v) is 6.60. The van der Waals surface area contributed by atoms with Crippen LogP contribution in [0, 0.1) is 0 Å². The van der Waals surface area contributed by atoms with Crippen molar-refractivity contribution in [3.63, 3.8) is 0 Å². The summed E-state index contributed by atoms with van der Waals surface area (Å²) >= 11 is 0. The van der Waals surface area contributed by atoms with E-state index >= 15 is 0 Å². The molecule has 124 valence electrons. The van der Waals surface area contributed by atoms with Gasteiger partial charge in [-0.25, -0.2) is 0 Å². The van der Waals surface area contributed by atoms with Gasteiger partial charge in [-0.15, -0.1) is 0 Å². The van der Waals surface area contributed by atoms with Crippen LogP contribution in [0.2, 0.25) is 0 Å². The molecule has 2 heterocycles. The summed E-state index contributed by atoms with van der Waals surface area (Å²) in [5.74, 6) is 1.55. The van der Waals surface area contributed by atoms with E-state index in [0.29, 0.717) is 11.8 Å². The fourth-order valence-corrected chi connectivity index (χ4v) is 4.01. The normalized spacial score (nSPS) is 25.1. The van der Waals surface area contributed by atoms with E-state index in [4.69, 9.17) is 9.52 Å². The summed E-state index contributed by atoms with van der Waals surface area (Å²) in [5, 5.41) is 18.5. The molecule has 2 fully saturated rings. The van der Waals surface area contributed by atoms with Crippen LogP contribution in [0.1, 0.15) is 43.6 Å². The van der Waals surface area contributed by atoms with Gasteiger partial charge in [0, 0.05) is 38.3 Å². The van der Waals surface area contributed by atoms with Crippen LogP contribution in [0.5, 0.6) is 0 Å². The summed E-state index contributed by atoms with van der Waals surface area (Å²) in [5.41, 5.74) is 0. The lowest BCUT2D eigenvalue weighted by atomic mass is 10.0. The first-order valence-electron chi connectivity index (χ1n) is 8.57. The number of furan rings is 1. The Balaban J connectivity index is 1.59. The third-order valence-corrected chi connectivity index (χ3v) is 5.12. The standard InChI is InChI=1S/C17H28N2O3/c20-10-7-15-11-18(12-16-5-6-17(13-21)22-16)8-9-19(15)14-3-1-2-4-14/h5-6,14-15,20-21H,1-4,7-13H2. The minimum Gasteiger partial charge on any atom is -0.462 e. The van der Waals surface area contributed by atoms with Gasteiger partial charge < -0.3 is 14.6 Å². The van der Waals surface area contributed by atoms with E-state index in [9.17, 15) is 5.11 Å². The van der Waals surface area contributed by atoms with Crippen molar-refractivity contribution in [2.24, 2.45) is 0 Å². The lowest BCUT2D eigenvalue weighted by molar-refractivity contribution is 0.0240. The molecule has 0 spiro atoms. The zero-order chi connectivity index (χ0) is 15.4. The van der Waals surface area contributed by atoms with Crippen molar-refractivity contribution in [3.8, 4) is 0 Å². The average Bonchev–Trinajstić information content (AvgIpc) is 3.19. The van der Waals surface area contributed by atoms with Gasteiger partial charge in [0.2, 0.25) is 0 Å². The molecule has 3 rings (SSSR count). The smallest absolute Gasteiger partial charge is 0.129 e. The van der Waals surface area contributed by atoms with Gasteiger partial charge in [-0.2, -0.15) is 0 Å². The molecule has 1 saturated heterocycles. The molecule has 2 N–H and O–H groups in total. The Bertz CT molecular complexity index is 457. The Labute approximate surface area is 132 Å². The third-order valence-electron chi connectivity index (χ3n) is 5.12. The molecule has 1 aromatic heterocycles. The van der Waals surface area contributed by atoms with E-state index in [1.165, 1.54) is 25.7 Å². The van der Waals surface area contributed by atoms with Crippen molar-refractivity contribution >= 4 is 0 Å². The van der Waals surface area contributed by atoms with Gasteiger partial charge in [-0.3, -0.25) is 9.80 Å². The Kier molecular flexibility index (Phi) is 5.52. The highest BCUT2D eigenvalue weighted by atomic mass is 16.4. The van der Waals surface area contributed by atoms with Crippen molar-refractivity contribution in [3.05, 3.63) is 23.7 Å². The lowest BCUT2D eigenvalue weighted by Gasteiger charge is -2.44. The van der Waals surface area contributed by atoms with Crippen LogP contribution in [0.3, 0.4) is 0 Å². The Morgan fingerprint density at radius 1 is 1.09 bits per heavy atom. The van der Waals surface area contributed by atoms with Gasteiger partial charge in [-0.1, -0.05) is 12.8 Å². The molecular formula is C17H28N2O3. The molecule has 0 aromatic carbocycles. The zero-order valence-electron chi connectivity index (χ0n) is 13.3. The predicted molar refractivity (Wildman–Crippen MR) is 84.4 cm³/mol. The van der Waals surface area contributed by atoms with Gasteiger partial charge in [0.1, 0.15) is 18.1 Å². The molecule has 1 aliphatic heterocycles. The molecular weight excluding hydrogens is 280 g/mol. The van der Waals surface area contributed by atoms with E-state index in [1.807, 2.05) is 12.1 Å². The van der Waals surface area contributed by atoms with E-state index in [0.717, 1.165) is 44.4 Å². The summed E-state index contributed by atoms with van der Waals surface area (Å²) in [6, 6.07) is 4.98. The van der Waals surface area contributed by atoms with Crippen LogP contribution in [0.25, 0.3) is 0 Å². The lowest BCUT2D eigenvalue weighted by Crippen LogP contribution is -2.55. The molecule has 0 radical (unpaired) electrons. The van der Waals surface area contributed by atoms with Gasteiger partial charge in [-0.05, 0) is 31.4 Å².